The number of likely N-dealkylation sites (N-methyl/N-ethyl adjacent to an activating group) is 1. The average molecular weight is 202 g/mol. The van der Waals surface area contributed by atoms with Crippen LogP contribution in [0.3, 0.4) is 0 Å². The minimum atomic E-state index is 0.576. The van der Waals surface area contributed by atoms with Gasteiger partial charge in [0.25, 0.3) is 0 Å². The molecule has 78 valence electrons. The molecular weight excluding hydrogens is 188 g/mol. The average Bonchev–Trinajstić information content (AvgIpc) is 2.29. The molecular formula is C12H14N2O. The highest BCUT2D eigenvalue weighted by atomic mass is 16.5. The summed E-state index contributed by atoms with van der Waals surface area (Å²) in [4.78, 5) is 0. The third-order valence-corrected chi connectivity index (χ3v) is 2.01. The van der Waals surface area contributed by atoms with Crippen LogP contribution in [0.15, 0.2) is 24.3 Å². The summed E-state index contributed by atoms with van der Waals surface area (Å²) in [6.07, 6.45) is 3.88. The lowest BCUT2D eigenvalue weighted by Crippen LogP contribution is -2.03. The number of nitriles is 1. The fourth-order valence-electron chi connectivity index (χ4n) is 1.28. The summed E-state index contributed by atoms with van der Waals surface area (Å²) in [5.74, 6) is 0.615. The van der Waals surface area contributed by atoms with Gasteiger partial charge in [-0.25, -0.2) is 0 Å². The Labute approximate surface area is 90.0 Å². The van der Waals surface area contributed by atoms with Crippen molar-refractivity contribution in [1.82, 2.24) is 5.32 Å². The molecule has 0 unspecified atom stereocenters. The number of benzene rings is 1. The predicted octanol–water partition coefficient (Wildman–Crippen LogP) is 1.80. The zero-order chi connectivity index (χ0) is 11.1. The standard InChI is InChI=1S/C12H14N2O/c1-14-8-4-6-10-5-3-7-12(15-2)11(10)9-13/h3-7,14H,8H2,1-2H3. The second-order valence-corrected chi connectivity index (χ2v) is 3.00. The highest BCUT2D eigenvalue weighted by Crippen LogP contribution is 2.21. The first kappa shape index (κ1) is 11.3. The number of hydrogen-bond acceptors (Lipinski definition) is 3. The van der Waals surface area contributed by atoms with Crippen LogP contribution in [-0.4, -0.2) is 20.7 Å². The molecule has 0 aliphatic carbocycles. The van der Waals surface area contributed by atoms with Crippen LogP contribution < -0.4 is 10.1 Å². The van der Waals surface area contributed by atoms with E-state index in [0.717, 1.165) is 12.1 Å². The molecule has 0 fully saturated rings. The van der Waals surface area contributed by atoms with Crippen molar-refractivity contribution in [1.29, 1.82) is 5.26 Å². The monoisotopic (exact) mass is 202 g/mol. The summed E-state index contributed by atoms with van der Waals surface area (Å²) >= 11 is 0. The summed E-state index contributed by atoms with van der Waals surface area (Å²) in [5, 5.41) is 12.0. The smallest absolute Gasteiger partial charge is 0.137 e. The minimum absolute atomic E-state index is 0.576. The molecule has 1 aromatic carbocycles. The topological polar surface area (TPSA) is 45.0 Å². The van der Waals surface area contributed by atoms with E-state index in [0.29, 0.717) is 11.3 Å². The van der Waals surface area contributed by atoms with Crippen molar-refractivity contribution in [2.75, 3.05) is 20.7 Å². The van der Waals surface area contributed by atoms with Gasteiger partial charge in [0.2, 0.25) is 0 Å². The highest BCUT2D eigenvalue weighted by molar-refractivity contribution is 5.62. The summed E-state index contributed by atoms with van der Waals surface area (Å²) in [5.41, 5.74) is 1.46. The van der Waals surface area contributed by atoms with Gasteiger partial charge < -0.3 is 10.1 Å². The Morgan fingerprint density at radius 2 is 2.33 bits per heavy atom. The van der Waals surface area contributed by atoms with E-state index in [2.05, 4.69) is 11.4 Å². The Morgan fingerprint density at radius 1 is 1.53 bits per heavy atom. The summed E-state index contributed by atoms with van der Waals surface area (Å²) in [6.45, 7) is 0.780. The number of hydrogen-bond donors (Lipinski definition) is 1. The van der Waals surface area contributed by atoms with Crippen molar-refractivity contribution in [2.45, 2.75) is 0 Å². The van der Waals surface area contributed by atoms with Gasteiger partial charge in [-0.1, -0.05) is 24.3 Å². The van der Waals surface area contributed by atoms with Crippen LogP contribution in [0.2, 0.25) is 0 Å². The lowest BCUT2D eigenvalue weighted by molar-refractivity contribution is 0.413. The SMILES string of the molecule is CNCC=Cc1cccc(OC)c1C#N. The molecule has 0 aromatic heterocycles. The number of methoxy groups -OCH3 is 1. The van der Waals surface area contributed by atoms with Gasteiger partial charge in [0.1, 0.15) is 17.4 Å². The molecule has 0 saturated carbocycles. The van der Waals surface area contributed by atoms with E-state index >= 15 is 0 Å². The van der Waals surface area contributed by atoms with Crippen LogP contribution >= 0.6 is 0 Å². The van der Waals surface area contributed by atoms with E-state index in [-0.39, 0.29) is 0 Å². The van der Waals surface area contributed by atoms with Crippen molar-refractivity contribution >= 4 is 6.08 Å². The van der Waals surface area contributed by atoms with Gasteiger partial charge in [-0.2, -0.15) is 5.26 Å². The van der Waals surface area contributed by atoms with E-state index in [1.165, 1.54) is 0 Å². The zero-order valence-electron chi connectivity index (χ0n) is 8.95. The second-order valence-electron chi connectivity index (χ2n) is 3.00. The molecule has 3 heteroatoms. The molecule has 0 amide bonds. The molecule has 15 heavy (non-hydrogen) atoms. The van der Waals surface area contributed by atoms with Crippen molar-refractivity contribution in [3.05, 3.63) is 35.4 Å². The molecule has 1 N–H and O–H groups in total. The Bertz CT molecular complexity index is 391. The maximum absolute atomic E-state index is 9.01. The Morgan fingerprint density at radius 3 is 2.93 bits per heavy atom. The molecule has 0 aliphatic heterocycles. The van der Waals surface area contributed by atoms with Crippen LogP contribution in [0, 0.1) is 11.3 Å². The fraction of sp³-hybridized carbons (Fsp3) is 0.250. The van der Waals surface area contributed by atoms with Crippen LogP contribution in [0.1, 0.15) is 11.1 Å². The van der Waals surface area contributed by atoms with E-state index in [1.54, 1.807) is 13.2 Å². The summed E-state index contributed by atoms with van der Waals surface area (Å²) < 4.78 is 5.11. The molecule has 1 rings (SSSR count). The van der Waals surface area contributed by atoms with Gasteiger partial charge in [0, 0.05) is 6.54 Å². The van der Waals surface area contributed by atoms with E-state index in [9.17, 15) is 0 Å². The maximum atomic E-state index is 9.01. The van der Waals surface area contributed by atoms with E-state index in [4.69, 9.17) is 10.00 Å². The predicted molar refractivity (Wildman–Crippen MR) is 60.7 cm³/mol. The van der Waals surface area contributed by atoms with Gasteiger partial charge in [-0.15, -0.1) is 0 Å². The fourth-order valence-corrected chi connectivity index (χ4v) is 1.28. The minimum Gasteiger partial charge on any atom is -0.495 e. The normalized spacial score (nSPS) is 10.2. The Kier molecular flexibility index (Phi) is 4.39. The Hall–Kier alpha value is -1.79. The van der Waals surface area contributed by atoms with Crippen molar-refractivity contribution in [3.8, 4) is 11.8 Å². The quantitative estimate of drug-likeness (QED) is 0.809. The van der Waals surface area contributed by atoms with E-state index in [1.807, 2.05) is 31.3 Å². The largest absolute Gasteiger partial charge is 0.495 e. The van der Waals surface area contributed by atoms with Gasteiger partial charge in [0.15, 0.2) is 0 Å². The molecule has 1 aromatic rings. The Balaban J connectivity index is 3.02. The molecule has 0 radical (unpaired) electrons. The molecule has 3 nitrogen and oxygen atoms in total. The van der Waals surface area contributed by atoms with Crippen molar-refractivity contribution < 1.29 is 4.74 Å². The molecule has 0 bridgehead atoms. The van der Waals surface area contributed by atoms with Gasteiger partial charge in [-0.05, 0) is 18.7 Å². The van der Waals surface area contributed by atoms with E-state index < -0.39 is 0 Å². The maximum Gasteiger partial charge on any atom is 0.137 e. The first-order valence-corrected chi connectivity index (χ1v) is 4.71. The van der Waals surface area contributed by atoms with Gasteiger partial charge >= 0.3 is 0 Å². The molecule has 0 saturated heterocycles. The number of rotatable bonds is 4. The third-order valence-electron chi connectivity index (χ3n) is 2.01. The molecule has 0 aliphatic rings. The van der Waals surface area contributed by atoms with Crippen LogP contribution in [0.4, 0.5) is 0 Å². The zero-order valence-corrected chi connectivity index (χ0v) is 8.95. The molecule has 0 atom stereocenters. The first-order chi connectivity index (χ1) is 7.33. The number of nitrogens with zero attached hydrogens (tertiary/aromatic N) is 1. The molecule has 0 spiro atoms. The molecule has 0 heterocycles. The van der Waals surface area contributed by atoms with Crippen LogP contribution in [-0.2, 0) is 0 Å². The highest BCUT2D eigenvalue weighted by Gasteiger charge is 2.04. The van der Waals surface area contributed by atoms with Gasteiger partial charge in [-0.3, -0.25) is 0 Å². The summed E-state index contributed by atoms with van der Waals surface area (Å²) in [7, 11) is 3.44. The second kappa shape index (κ2) is 5.84. The summed E-state index contributed by atoms with van der Waals surface area (Å²) in [6, 6.07) is 7.70. The first-order valence-electron chi connectivity index (χ1n) is 4.71. The van der Waals surface area contributed by atoms with Crippen molar-refractivity contribution in [3.63, 3.8) is 0 Å². The number of nitrogens with one attached hydrogen (secondary N) is 1. The van der Waals surface area contributed by atoms with Crippen LogP contribution in [0.5, 0.6) is 5.75 Å². The lowest BCUT2D eigenvalue weighted by Gasteiger charge is -2.04. The van der Waals surface area contributed by atoms with Crippen LogP contribution in [0.25, 0.3) is 6.08 Å². The van der Waals surface area contributed by atoms with Crippen molar-refractivity contribution in [2.24, 2.45) is 0 Å². The van der Waals surface area contributed by atoms with Gasteiger partial charge in [0.05, 0.1) is 7.11 Å². The number of ether oxygens (including phenoxy) is 1. The lowest BCUT2D eigenvalue weighted by atomic mass is 10.1. The third kappa shape index (κ3) is 2.83.